The summed E-state index contributed by atoms with van der Waals surface area (Å²) >= 11 is 0. The molecule has 0 aromatic heterocycles. The number of benzene rings is 3. The molecule has 0 saturated carbocycles. The van der Waals surface area contributed by atoms with Crippen LogP contribution in [0.1, 0.15) is 33.3 Å². The van der Waals surface area contributed by atoms with E-state index in [2.05, 4.69) is 5.32 Å². The maximum Gasteiger partial charge on any atom is 0.264 e. The number of ether oxygens (including phenoxy) is 1. The van der Waals surface area contributed by atoms with Crippen molar-refractivity contribution in [1.82, 2.24) is 10.2 Å². The molecule has 0 unspecified atom stereocenters. The van der Waals surface area contributed by atoms with Gasteiger partial charge in [-0.2, -0.15) is 0 Å². The van der Waals surface area contributed by atoms with E-state index in [1.54, 1.807) is 68.6 Å². The van der Waals surface area contributed by atoms with Gasteiger partial charge in [0.2, 0.25) is 11.8 Å². The van der Waals surface area contributed by atoms with Gasteiger partial charge in [0.1, 0.15) is 24.2 Å². The van der Waals surface area contributed by atoms with Crippen LogP contribution in [0.15, 0.2) is 83.8 Å². The van der Waals surface area contributed by atoms with Crippen molar-refractivity contribution in [2.75, 3.05) is 18.0 Å². The Morgan fingerprint density at radius 3 is 2.08 bits per heavy atom. The molecule has 208 valence electrons. The number of halogens is 1. The quantitative estimate of drug-likeness (QED) is 0.401. The lowest BCUT2D eigenvalue weighted by molar-refractivity contribution is -0.140. The van der Waals surface area contributed by atoms with Crippen LogP contribution in [0.3, 0.4) is 0 Å². The van der Waals surface area contributed by atoms with E-state index in [0.29, 0.717) is 5.75 Å². The number of carbonyl (C=O) groups excluding carboxylic acids is 2. The van der Waals surface area contributed by atoms with E-state index in [-0.39, 0.29) is 23.0 Å². The Balaban J connectivity index is 2.00. The molecule has 0 aliphatic heterocycles. The van der Waals surface area contributed by atoms with Gasteiger partial charge in [0.15, 0.2) is 0 Å². The summed E-state index contributed by atoms with van der Waals surface area (Å²) in [5, 5.41) is 2.88. The van der Waals surface area contributed by atoms with E-state index in [9.17, 15) is 22.4 Å². The van der Waals surface area contributed by atoms with Crippen LogP contribution < -0.4 is 14.4 Å². The smallest absolute Gasteiger partial charge is 0.264 e. The van der Waals surface area contributed by atoms with Crippen LogP contribution in [0.5, 0.6) is 5.75 Å². The molecule has 39 heavy (non-hydrogen) atoms. The van der Waals surface area contributed by atoms with E-state index in [1.807, 2.05) is 20.8 Å². The van der Waals surface area contributed by atoms with Gasteiger partial charge >= 0.3 is 0 Å². The number of methoxy groups -OCH3 is 1. The molecule has 0 aliphatic rings. The molecule has 0 spiro atoms. The normalized spacial score (nSPS) is 12.4. The third kappa shape index (κ3) is 7.79. The summed E-state index contributed by atoms with van der Waals surface area (Å²) in [5.74, 6) is -0.912. The highest BCUT2D eigenvalue weighted by Gasteiger charge is 2.33. The Morgan fingerprint density at radius 2 is 1.54 bits per heavy atom. The molecular weight excluding hydrogens is 521 g/mol. The van der Waals surface area contributed by atoms with Gasteiger partial charge in [-0.05, 0) is 81.8 Å². The first kappa shape index (κ1) is 29.6. The van der Waals surface area contributed by atoms with E-state index in [0.717, 1.165) is 34.1 Å². The molecule has 0 fully saturated rings. The molecule has 10 heteroatoms. The molecule has 8 nitrogen and oxygen atoms in total. The zero-order chi connectivity index (χ0) is 28.8. The van der Waals surface area contributed by atoms with Crippen molar-refractivity contribution < 1.29 is 27.1 Å². The van der Waals surface area contributed by atoms with Gasteiger partial charge in [0.25, 0.3) is 10.0 Å². The topological polar surface area (TPSA) is 96.0 Å². The Morgan fingerprint density at radius 1 is 0.949 bits per heavy atom. The van der Waals surface area contributed by atoms with E-state index >= 15 is 0 Å². The van der Waals surface area contributed by atoms with Crippen LogP contribution in [0, 0.1) is 5.82 Å². The highest BCUT2D eigenvalue weighted by Crippen LogP contribution is 2.25. The second-order valence-corrected chi connectivity index (χ2v) is 11.9. The summed E-state index contributed by atoms with van der Waals surface area (Å²) in [6.45, 7) is 6.58. The fourth-order valence-corrected chi connectivity index (χ4v) is 5.26. The molecule has 0 saturated heterocycles. The first-order chi connectivity index (χ1) is 18.3. The first-order valence-corrected chi connectivity index (χ1v) is 13.8. The number of rotatable bonds is 10. The van der Waals surface area contributed by atoms with Crippen molar-refractivity contribution in [2.24, 2.45) is 0 Å². The zero-order valence-corrected chi connectivity index (χ0v) is 23.5. The van der Waals surface area contributed by atoms with E-state index < -0.39 is 39.9 Å². The SMILES string of the molecule is COc1ccc(CN(C(=O)CN(c2ccccc2)S(=O)(=O)c2ccc(F)cc2)[C@H](C)C(=O)NC(C)(C)C)cc1. The highest BCUT2D eigenvalue weighted by atomic mass is 32.2. The van der Waals surface area contributed by atoms with E-state index in [1.165, 1.54) is 4.90 Å². The van der Waals surface area contributed by atoms with Gasteiger partial charge in [0, 0.05) is 12.1 Å². The molecule has 3 aromatic carbocycles. The van der Waals surface area contributed by atoms with Crippen LogP contribution in [-0.4, -0.2) is 50.4 Å². The molecular formula is C29H34FN3O5S. The number of nitrogens with one attached hydrogen (secondary N) is 1. The lowest BCUT2D eigenvalue weighted by atomic mass is 10.1. The summed E-state index contributed by atoms with van der Waals surface area (Å²) in [7, 11) is -2.71. The van der Waals surface area contributed by atoms with Gasteiger partial charge in [-0.25, -0.2) is 12.8 Å². The number of carbonyl (C=O) groups is 2. The van der Waals surface area contributed by atoms with Gasteiger partial charge in [0.05, 0.1) is 17.7 Å². The minimum absolute atomic E-state index is 0.0563. The largest absolute Gasteiger partial charge is 0.497 e. The van der Waals surface area contributed by atoms with Crippen molar-refractivity contribution in [3.63, 3.8) is 0 Å². The standard InChI is InChI=1S/C29H34FN3O5S/c1-21(28(35)31-29(2,3)4)32(19-22-11-15-25(38-5)16-12-22)27(34)20-33(24-9-7-6-8-10-24)39(36,37)26-17-13-23(30)14-18-26/h6-18,21H,19-20H2,1-5H3,(H,31,35)/t21-/m1/s1. The summed E-state index contributed by atoms with van der Waals surface area (Å²) in [5.41, 5.74) is 0.445. The lowest BCUT2D eigenvalue weighted by Crippen LogP contribution is -2.54. The third-order valence-corrected chi connectivity index (χ3v) is 7.69. The molecule has 1 atom stereocenters. The predicted molar refractivity (Wildman–Crippen MR) is 148 cm³/mol. The zero-order valence-electron chi connectivity index (χ0n) is 22.7. The van der Waals surface area contributed by atoms with Crippen LogP contribution in [0.2, 0.25) is 0 Å². The van der Waals surface area contributed by atoms with Crippen molar-refractivity contribution in [1.29, 1.82) is 0 Å². The lowest BCUT2D eigenvalue weighted by Gasteiger charge is -2.33. The van der Waals surface area contributed by atoms with Gasteiger partial charge < -0.3 is 15.0 Å². The number of para-hydroxylation sites is 1. The molecule has 1 N–H and O–H groups in total. The Hall–Kier alpha value is -3.92. The maximum absolute atomic E-state index is 13.9. The fraction of sp³-hybridized carbons (Fsp3) is 0.310. The minimum atomic E-state index is -4.25. The molecule has 0 radical (unpaired) electrons. The minimum Gasteiger partial charge on any atom is -0.497 e. The van der Waals surface area contributed by atoms with Crippen LogP contribution in [0.25, 0.3) is 0 Å². The number of nitrogens with zero attached hydrogens (tertiary/aromatic N) is 2. The number of hydrogen-bond acceptors (Lipinski definition) is 5. The predicted octanol–water partition coefficient (Wildman–Crippen LogP) is 4.36. The molecule has 0 bridgehead atoms. The summed E-state index contributed by atoms with van der Waals surface area (Å²) < 4.78 is 47.0. The maximum atomic E-state index is 13.9. The van der Waals surface area contributed by atoms with Crippen molar-refractivity contribution in [2.45, 2.75) is 50.7 Å². The van der Waals surface area contributed by atoms with Gasteiger partial charge in [-0.1, -0.05) is 30.3 Å². The first-order valence-electron chi connectivity index (χ1n) is 12.4. The summed E-state index contributed by atoms with van der Waals surface area (Å²) in [6, 6.07) is 18.7. The molecule has 3 aromatic rings. The molecule has 2 amide bonds. The monoisotopic (exact) mass is 555 g/mol. The van der Waals surface area contributed by atoms with Crippen LogP contribution in [0.4, 0.5) is 10.1 Å². The number of anilines is 1. The van der Waals surface area contributed by atoms with Gasteiger partial charge in [-0.3, -0.25) is 13.9 Å². The number of amides is 2. The molecule has 0 heterocycles. The van der Waals surface area contributed by atoms with E-state index in [4.69, 9.17) is 4.74 Å². The summed E-state index contributed by atoms with van der Waals surface area (Å²) in [4.78, 5) is 28.1. The van der Waals surface area contributed by atoms with Crippen molar-refractivity contribution in [3.8, 4) is 5.75 Å². The second-order valence-electron chi connectivity index (χ2n) is 10.1. The average Bonchev–Trinajstić information content (AvgIpc) is 2.90. The average molecular weight is 556 g/mol. The Bertz CT molecular complexity index is 1370. The highest BCUT2D eigenvalue weighted by molar-refractivity contribution is 7.92. The van der Waals surface area contributed by atoms with Crippen LogP contribution in [-0.2, 0) is 26.2 Å². The second kappa shape index (κ2) is 12.3. The Kier molecular flexibility index (Phi) is 9.34. The van der Waals surface area contributed by atoms with Crippen molar-refractivity contribution >= 4 is 27.5 Å². The third-order valence-electron chi connectivity index (χ3n) is 5.90. The fourth-order valence-electron chi connectivity index (χ4n) is 3.84. The van der Waals surface area contributed by atoms with Gasteiger partial charge in [-0.15, -0.1) is 0 Å². The molecule has 3 rings (SSSR count). The number of sulfonamides is 1. The Labute approximate surface area is 229 Å². The van der Waals surface area contributed by atoms with Crippen molar-refractivity contribution in [3.05, 3.63) is 90.2 Å². The molecule has 0 aliphatic carbocycles. The van der Waals surface area contributed by atoms with Crippen LogP contribution >= 0.6 is 0 Å². The summed E-state index contributed by atoms with van der Waals surface area (Å²) in [6.07, 6.45) is 0. The number of hydrogen-bond donors (Lipinski definition) is 1.